The lowest BCUT2D eigenvalue weighted by molar-refractivity contribution is -0.147. The van der Waals surface area contributed by atoms with Crippen LogP contribution in [0.25, 0.3) is 0 Å². The number of benzene rings is 1. The summed E-state index contributed by atoms with van der Waals surface area (Å²) in [7, 11) is 0. The number of ketones is 1. The summed E-state index contributed by atoms with van der Waals surface area (Å²) in [5.41, 5.74) is -2.40. The summed E-state index contributed by atoms with van der Waals surface area (Å²) in [5.74, 6) is -5.75. The first-order chi connectivity index (χ1) is 18.4. The van der Waals surface area contributed by atoms with Crippen LogP contribution in [0.2, 0.25) is 0 Å². The van der Waals surface area contributed by atoms with Crippen LogP contribution < -0.4 is 10.6 Å². The number of nitrogens with one attached hydrogen (secondary N) is 2. The number of hydrogen-bond acceptors (Lipinski definition) is 6. The number of carbonyl (C=O) groups is 5. The molecule has 1 unspecified atom stereocenters. The van der Waals surface area contributed by atoms with Crippen molar-refractivity contribution in [2.45, 2.75) is 69.0 Å². The fourth-order valence-electron chi connectivity index (χ4n) is 5.69. The Bertz CT molecular complexity index is 1290. The van der Waals surface area contributed by atoms with Crippen molar-refractivity contribution < 1.29 is 37.1 Å². The number of Topliss-reactive ketones (excluding diaryl/α,β-unsaturated/α-hetero) is 1. The number of amidine groups is 1. The third kappa shape index (κ3) is 4.89. The van der Waals surface area contributed by atoms with E-state index in [1.807, 2.05) is 0 Å². The highest BCUT2D eigenvalue weighted by molar-refractivity contribution is 6.46. The van der Waals surface area contributed by atoms with Gasteiger partial charge in [-0.05, 0) is 56.2 Å². The van der Waals surface area contributed by atoms with E-state index in [4.69, 9.17) is 0 Å². The highest BCUT2D eigenvalue weighted by Gasteiger charge is 2.58. The molecule has 1 aromatic rings. The van der Waals surface area contributed by atoms with Crippen LogP contribution in [0, 0.1) is 12.7 Å². The Kier molecular flexibility index (Phi) is 6.71. The average Bonchev–Trinajstić information content (AvgIpc) is 3.25. The quantitative estimate of drug-likeness (QED) is 0.423. The van der Waals surface area contributed by atoms with Crippen molar-refractivity contribution in [3.05, 3.63) is 35.1 Å². The van der Waals surface area contributed by atoms with Crippen LogP contribution in [0.5, 0.6) is 0 Å². The third-order valence-electron chi connectivity index (χ3n) is 7.98. The smallest absolute Gasteiger partial charge is 0.312 e. The molecule has 208 valence electrons. The molecule has 4 aliphatic heterocycles. The standard InChI is InChI=1S/C26H28F3N5O5/c1-14-10-15(2-3-17(14)28)11-30-20(36)18-19(35)22(38)34-13-25(29)5-7-26(8-6-25,24(34)31-18)32-21(37)23(39)33-9-4-16(27)12-33/h2-3,10,16,18H,4-9,11-13H2,1H3,(H,30,36)(H,32,37)/t16-,18?,25?,26?/m1/s1. The number of aliphatic imine (C=N–C) groups is 1. The van der Waals surface area contributed by atoms with Crippen molar-refractivity contribution in [1.82, 2.24) is 20.4 Å². The zero-order chi connectivity index (χ0) is 28.1. The Morgan fingerprint density at radius 3 is 2.51 bits per heavy atom. The summed E-state index contributed by atoms with van der Waals surface area (Å²) in [6, 6.07) is 2.44. The molecule has 13 heteroatoms. The molecular formula is C26H28F3N5O5. The molecule has 2 atom stereocenters. The Balaban J connectivity index is 1.42. The van der Waals surface area contributed by atoms with E-state index in [-0.39, 0.29) is 57.6 Å². The predicted molar refractivity (Wildman–Crippen MR) is 130 cm³/mol. The van der Waals surface area contributed by atoms with Crippen molar-refractivity contribution >= 4 is 35.2 Å². The molecule has 39 heavy (non-hydrogen) atoms. The van der Waals surface area contributed by atoms with Crippen LogP contribution in [0.1, 0.15) is 43.2 Å². The second-order valence-electron chi connectivity index (χ2n) is 10.7. The van der Waals surface area contributed by atoms with Crippen molar-refractivity contribution in [3.8, 4) is 0 Å². The van der Waals surface area contributed by atoms with Crippen LogP contribution in [-0.4, -0.2) is 88.1 Å². The molecule has 2 bridgehead atoms. The van der Waals surface area contributed by atoms with Crippen LogP contribution in [0.4, 0.5) is 13.2 Å². The van der Waals surface area contributed by atoms with Crippen LogP contribution in [0.15, 0.2) is 23.2 Å². The summed E-state index contributed by atoms with van der Waals surface area (Å²) in [4.78, 5) is 71.0. The largest absolute Gasteiger partial charge is 0.350 e. The topological polar surface area (TPSA) is 128 Å². The van der Waals surface area contributed by atoms with E-state index in [1.54, 1.807) is 6.92 Å². The van der Waals surface area contributed by atoms with Gasteiger partial charge in [0.25, 0.3) is 17.6 Å². The molecular weight excluding hydrogens is 519 g/mol. The van der Waals surface area contributed by atoms with Crippen molar-refractivity contribution in [3.63, 3.8) is 0 Å². The molecule has 0 spiro atoms. The van der Waals surface area contributed by atoms with Gasteiger partial charge in [-0.15, -0.1) is 0 Å². The molecule has 5 aliphatic rings. The number of amides is 4. The maximum atomic E-state index is 15.6. The van der Waals surface area contributed by atoms with E-state index in [1.165, 1.54) is 18.2 Å². The molecule has 4 heterocycles. The van der Waals surface area contributed by atoms with Crippen molar-refractivity contribution in [2.75, 3.05) is 19.6 Å². The molecule has 4 amide bonds. The molecule has 6 rings (SSSR count). The number of likely N-dealkylation sites (tertiary alicyclic amines) is 1. The Morgan fingerprint density at radius 1 is 1.15 bits per heavy atom. The minimum Gasteiger partial charge on any atom is -0.350 e. The SMILES string of the molecule is Cc1cc(CNC(=O)C2N=C3N(CC4(F)CCC3(NC(=O)C(=O)N3CC[C@@H](F)C3)CC4)C(=O)C2=O)ccc1F. The van der Waals surface area contributed by atoms with Gasteiger partial charge in [-0.25, -0.2) is 18.2 Å². The molecule has 0 radical (unpaired) electrons. The monoisotopic (exact) mass is 547 g/mol. The Hall–Kier alpha value is -3.77. The van der Waals surface area contributed by atoms with Gasteiger partial charge in [-0.2, -0.15) is 0 Å². The Morgan fingerprint density at radius 2 is 1.87 bits per heavy atom. The second kappa shape index (κ2) is 9.76. The van der Waals surface area contributed by atoms with Crippen LogP contribution in [-0.2, 0) is 30.5 Å². The molecule has 0 aromatic heterocycles. The van der Waals surface area contributed by atoms with E-state index < -0.39 is 65.2 Å². The van der Waals surface area contributed by atoms with Gasteiger partial charge in [-0.1, -0.05) is 12.1 Å². The number of nitrogens with zero attached hydrogens (tertiary/aromatic N) is 3. The molecule has 1 aromatic carbocycles. The molecule has 2 N–H and O–H groups in total. The van der Waals surface area contributed by atoms with Crippen molar-refractivity contribution in [1.29, 1.82) is 0 Å². The predicted octanol–water partition coefficient (Wildman–Crippen LogP) is 0.650. The first-order valence-electron chi connectivity index (χ1n) is 12.8. The molecule has 3 saturated heterocycles. The second-order valence-corrected chi connectivity index (χ2v) is 10.7. The summed E-state index contributed by atoms with van der Waals surface area (Å²) in [6.07, 6.45) is -1.31. The average molecular weight is 548 g/mol. The van der Waals surface area contributed by atoms with Gasteiger partial charge in [0.2, 0.25) is 0 Å². The minimum atomic E-state index is -1.84. The van der Waals surface area contributed by atoms with Gasteiger partial charge in [0.1, 0.15) is 23.5 Å². The lowest BCUT2D eigenvalue weighted by Gasteiger charge is -2.41. The first-order valence-corrected chi connectivity index (χ1v) is 12.8. The van der Waals surface area contributed by atoms with Gasteiger partial charge in [0.05, 0.1) is 18.6 Å². The molecule has 1 saturated carbocycles. The van der Waals surface area contributed by atoms with E-state index >= 15 is 4.39 Å². The van der Waals surface area contributed by atoms with E-state index in [0.717, 1.165) is 9.80 Å². The zero-order valence-electron chi connectivity index (χ0n) is 21.3. The number of aryl methyl sites for hydroxylation is 1. The van der Waals surface area contributed by atoms with Gasteiger partial charge in [-0.3, -0.25) is 28.9 Å². The lowest BCUT2D eigenvalue weighted by Crippen LogP contribution is -2.65. The van der Waals surface area contributed by atoms with E-state index in [9.17, 15) is 32.8 Å². The minimum absolute atomic E-state index is 0.0196. The summed E-state index contributed by atoms with van der Waals surface area (Å²) >= 11 is 0. The van der Waals surface area contributed by atoms with Crippen LogP contribution >= 0.6 is 0 Å². The molecule has 4 fully saturated rings. The number of carbonyl (C=O) groups excluding carboxylic acids is 5. The molecule has 10 nitrogen and oxygen atoms in total. The third-order valence-corrected chi connectivity index (χ3v) is 7.98. The number of rotatable bonds is 4. The summed E-state index contributed by atoms with van der Waals surface area (Å²) in [6.45, 7) is 0.872. The van der Waals surface area contributed by atoms with Gasteiger partial charge in [0, 0.05) is 13.1 Å². The maximum Gasteiger partial charge on any atom is 0.312 e. The maximum absolute atomic E-state index is 15.6. The van der Waals surface area contributed by atoms with Crippen LogP contribution in [0.3, 0.4) is 0 Å². The van der Waals surface area contributed by atoms with E-state index in [0.29, 0.717) is 11.1 Å². The summed E-state index contributed by atoms with van der Waals surface area (Å²) in [5, 5.41) is 5.13. The highest BCUT2D eigenvalue weighted by atomic mass is 19.1. The van der Waals surface area contributed by atoms with Gasteiger partial charge < -0.3 is 15.5 Å². The zero-order valence-corrected chi connectivity index (χ0v) is 21.3. The van der Waals surface area contributed by atoms with E-state index in [2.05, 4.69) is 15.6 Å². The number of fused-ring (bicyclic) bond motifs is 2. The Labute approximate surface area is 222 Å². The fraction of sp³-hybridized carbons (Fsp3) is 0.538. The van der Waals surface area contributed by atoms with Gasteiger partial charge in [0.15, 0.2) is 6.04 Å². The molecule has 1 aliphatic carbocycles. The number of hydrogen-bond donors (Lipinski definition) is 2. The fourth-order valence-corrected chi connectivity index (χ4v) is 5.69. The summed E-state index contributed by atoms with van der Waals surface area (Å²) < 4.78 is 42.7. The number of alkyl halides is 2. The lowest BCUT2D eigenvalue weighted by atomic mass is 9.76. The number of halogens is 3. The van der Waals surface area contributed by atoms with Gasteiger partial charge >= 0.3 is 11.8 Å². The normalized spacial score (nSPS) is 30.0. The first kappa shape index (κ1) is 26.8. The van der Waals surface area contributed by atoms with Crippen molar-refractivity contribution in [2.24, 2.45) is 4.99 Å². The highest BCUT2D eigenvalue weighted by Crippen LogP contribution is 2.44.